The Morgan fingerprint density at radius 1 is 1.36 bits per heavy atom. The normalized spacial score (nSPS) is 14.7. The summed E-state index contributed by atoms with van der Waals surface area (Å²) in [4.78, 5) is 37.4. The lowest BCUT2D eigenvalue weighted by molar-refractivity contribution is -0.196. The lowest BCUT2D eigenvalue weighted by Gasteiger charge is -2.31. The Morgan fingerprint density at radius 3 is 2.50 bits per heavy atom. The monoisotopic (exact) mass is 449 g/mol. The van der Waals surface area contributed by atoms with E-state index < -0.39 is 38.2 Å². The molecule has 14 heteroatoms. The predicted molar refractivity (Wildman–Crippen MR) is 88.2 cm³/mol. The summed E-state index contributed by atoms with van der Waals surface area (Å²) in [6.45, 7) is -0.147. The number of hydrogen-bond donors (Lipinski definition) is 1. The quantitative estimate of drug-likeness (QED) is 0.201. The number of alkyl halides is 3. The van der Waals surface area contributed by atoms with E-state index in [4.69, 9.17) is 11.6 Å². The molecule has 1 aromatic rings. The van der Waals surface area contributed by atoms with Crippen molar-refractivity contribution in [2.24, 2.45) is 0 Å². The molecule has 0 fully saturated rings. The molecule has 0 aliphatic rings. The molecule has 2 unspecified atom stereocenters. The van der Waals surface area contributed by atoms with Crippen molar-refractivity contribution in [2.75, 3.05) is 20.3 Å². The first-order valence-corrected chi connectivity index (χ1v) is 9.45. The molecular weight excluding hydrogens is 434 g/mol. The molecule has 0 aromatic heterocycles. The van der Waals surface area contributed by atoms with E-state index in [-0.39, 0.29) is 22.3 Å². The smallest absolute Gasteiger partial charge is 0.465 e. The molecule has 1 rings (SSSR count). The van der Waals surface area contributed by atoms with Gasteiger partial charge >= 0.3 is 25.6 Å². The summed E-state index contributed by atoms with van der Waals surface area (Å²) in [6, 6.07) is 5.30. The minimum absolute atomic E-state index is 0.157. The number of carbonyl (C=O) groups is 2. The summed E-state index contributed by atoms with van der Waals surface area (Å²) in [7, 11) is -4.49. The minimum Gasteiger partial charge on any atom is -0.465 e. The van der Waals surface area contributed by atoms with Gasteiger partial charge in [0.15, 0.2) is 5.75 Å². The molecule has 28 heavy (non-hydrogen) atoms. The third-order valence-corrected chi connectivity index (χ3v) is 4.47. The number of amides is 1. The second kappa shape index (κ2) is 10.1. The Morgan fingerprint density at radius 2 is 2.00 bits per heavy atom. The van der Waals surface area contributed by atoms with Crippen molar-refractivity contribution in [3.8, 4) is 5.75 Å². The highest BCUT2D eigenvalue weighted by molar-refractivity contribution is 7.53. The molecule has 1 amide bonds. The third-order valence-electron chi connectivity index (χ3n) is 2.90. The van der Waals surface area contributed by atoms with Crippen LogP contribution in [0.15, 0.2) is 24.3 Å². The lowest BCUT2D eigenvalue weighted by Crippen LogP contribution is -2.50. The molecule has 0 aliphatic carbocycles. The Kier molecular flexibility index (Phi) is 8.71. The van der Waals surface area contributed by atoms with Crippen LogP contribution in [-0.4, -0.2) is 54.1 Å². The van der Waals surface area contributed by atoms with Gasteiger partial charge in [-0.05, 0) is 19.1 Å². The van der Waals surface area contributed by atoms with E-state index >= 15 is 0 Å². The fourth-order valence-corrected chi connectivity index (χ4v) is 3.10. The van der Waals surface area contributed by atoms with Crippen LogP contribution in [0.25, 0.3) is 0 Å². The molecule has 158 valence electrons. The zero-order valence-corrected chi connectivity index (χ0v) is 16.2. The lowest BCUT2D eigenvalue weighted by atomic mass is 10.3. The van der Waals surface area contributed by atoms with E-state index in [9.17, 15) is 32.2 Å². The Hall–Kier alpha value is -1.85. The van der Waals surface area contributed by atoms with Gasteiger partial charge in [0.1, 0.15) is 6.54 Å². The number of esters is 1. The molecule has 2 atom stereocenters. The van der Waals surface area contributed by atoms with Crippen LogP contribution in [0.2, 0.25) is 5.02 Å². The average molecular weight is 450 g/mol. The van der Waals surface area contributed by atoms with E-state index in [0.717, 1.165) is 7.11 Å². The molecule has 0 spiro atoms. The van der Waals surface area contributed by atoms with Crippen molar-refractivity contribution in [2.45, 2.75) is 19.1 Å². The van der Waals surface area contributed by atoms with Crippen molar-refractivity contribution in [3.05, 3.63) is 29.3 Å². The van der Waals surface area contributed by atoms with Crippen molar-refractivity contribution in [3.63, 3.8) is 0 Å². The topological polar surface area (TPSA) is 112 Å². The number of benzene rings is 1. The molecule has 1 N–H and O–H groups in total. The van der Waals surface area contributed by atoms with Gasteiger partial charge in [-0.25, -0.2) is 0 Å². The fourth-order valence-electron chi connectivity index (χ4n) is 1.85. The second-order valence-corrected chi connectivity index (χ2v) is 7.13. The van der Waals surface area contributed by atoms with Gasteiger partial charge in [0.2, 0.25) is 5.97 Å². The highest BCUT2D eigenvalue weighted by atomic mass is 35.5. The average Bonchev–Trinajstić information content (AvgIpc) is 2.58. The van der Waals surface area contributed by atoms with Crippen molar-refractivity contribution in [1.82, 2.24) is 4.90 Å². The first-order chi connectivity index (χ1) is 12.9. The van der Waals surface area contributed by atoms with Crippen LogP contribution in [0.3, 0.4) is 0 Å². The van der Waals surface area contributed by atoms with Crippen LogP contribution in [-0.2, 0) is 28.3 Å². The van der Waals surface area contributed by atoms with Crippen LogP contribution in [0.4, 0.5) is 13.2 Å². The van der Waals surface area contributed by atoms with Gasteiger partial charge in [-0.2, -0.15) is 13.2 Å². The number of ether oxygens (including phenoxy) is 2. The summed E-state index contributed by atoms with van der Waals surface area (Å²) in [5.74, 6) is -6.56. The molecule has 9 nitrogen and oxygen atoms in total. The SMILES string of the molecule is CCOC(=O)CN(C(=O)C(F)(F)F)C(OC)P(=O)(O)OOc1cccc(Cl)c1. The van der Waals surface area contributed by atoms with E-state index in [0.29, 0.717) is 0 Å². The maximum Gasteiger partial charge on any atom is 0.471 e. The number of hydrogen-bond acceptors (Lipinski definition) is 7. The molecule has 0 saturated heterocycles. The summed E-state index contributed by atoms with van der Waals surface area (Å²) in [5, 5.41) is 0.174. The van der Waals surface area contributed by atoms with Crippen molar-refractivity contribution in [1.29, 1.82) is 0 Å². The van der Waals surface area contributed by atoms with Gasteiger partial charge in [0.25, 0.3) is 0 Å². The molecular formula is C14H16ClF3NO8P. The molecule has 0 radical (unpaired) electrons. The van der Waals surface area contributed by atoms with Gasteiger partial charge in [-0.1, -0.05) is 22.3 Å². The molecule has 1 aromatic carbocycles. The standard InChI is InChI=1S/C14H16ClF3NO8P/c1-3-25-11(20)8-19(12(21)14(16,17)18)13(24-2)28(22,23)27-26-10-6-4-5-9(15)7-10/h4-7,13H,3,8H2,1-2H3,(H,22,23). The van der Waals surface area contributed by atoms with Crippen LogP contribution >= 0.6 is 19.2 Å². The Labute approximate surface area is 162 Å². The summed E-state index contributed by atoms with van der Waals surface area (Å²) >= 11 is 5.69. The van der Waals surface area contributed by atoms with Gasteiger partial charge in [-0.3, -0.25) is 19.1 Å². The number of halogens is 4. The first kappa shape index (κ1) is 24.2. The summed E-state index contributed by atoms with van der Waals surface area (Å²) in [5.41, 5.74) is 0. The second-order valence-electron chi connectivity index (χ2n) is 4.98. The van der Waals surface area contributed by atoms with Crippen LogP contribution in [0.5, 0.6) is 5.75 Å². The van der Waals surface area contributed by atoms with Crippen molar-refractivity contribution < 1.29 is 51.3 Å². The number of rotatable bonds is 9. The number of methoxy groups -OCH3 is 1. The number of nitrogens with zero attached hydrogens (tertiary/aromatic N) is 1. The maximum absolute atomic E-state index is 12.9. The van der Waals surface area contributed by atoms with Gasteiger partial charge in [0.05, 0.1) is 6.61 Å². The highest BCUT2D eigenvalue weighted by Crippen LogP contribution is 2.50. The van der Waals surface area contributed by atoms with Gasteiger partial charge in [-0.15, -0.1) is 0 Å². The molecule has 0 aliphatic heterocycles. The van der Waals surface area contributed by atoms with E-state index in [1.807, 2.05) is 0 Å². The van der Waals surface area contributed by atoms with E-state index in [2.05, 4.69) is 19.0 Å². The third kappa shape index (κ3) is 6.95. The Bertz CT molecular complexity index is 748. The van der Waals surface area contributed by atoms with Crippen LogP contribution in [0.1, 0.15) is 6.92 Å². The van der Waals surface area contributed by atoms with Gasteiger partial charge < -0.3 is 19.3 Å². The Balaban J connectivity index is 3.09. The molecule has 0 saturated carbocycles. The summed E-state index contributed by atoms with van der Waals surface area (Å²) < 4.78 is 64.3. The van der Waals surface area contributed by atoms with Crippen molar-refractivity contribution >= 4 is 31.1 Å². The van der Waals surface area contributed by atoms with E-state index in [1.165, 1.54) is 31.2 Å². The minimum atomic E-state index is -5.48. The fraction of sp³-hybridized carbons (Fsp3) is 0.429. The maximum atomic E-state index is 12.9. The van der Waals surface area contributed by atoms with Crippen LogP contribution in [0, 0.1) is 0 Å². The first-order valence-electron chi connectivity index (χ1n) is 7.43. The number of carbonyl (C=O) groups excluding carboxylic acids is 2. The highest BCUT2D eigenvalue weighted by Gasteiger charge is 2.51. The zero-order valence-electron chi connectivity index (χ0n) is 14.5. The predicted octanol–water partition coefficient (Wildman–Crippen LogP) is 2.72. The molecule has 0 heterocycles. The summed E-state index contributed by atoms with van der Waals surface area (Å²) in [6.07, 6.45) is -5.48. The zero-order chi connectivity index (χ0) is 21.5. The molecule has 0 bridgehead atoms. The van der Waals surface area contributed by atoms with E-state index in [1.54, 1.807) is 0 Å². The van der Waals surface area contributed by atoms with Crippen LogP contribution < -0.4 is 4.89 Å². The largest absolute Gasteiger partial charge is 0.471 e. The van der Waals surface area contributed by atoms with Gasteiger partial charge in [0, 0.05) is 18.2 Å².